The van der Waals surface area contributed by atoms with E-state index in [0.29, 0.717) is 29.8 Å². The lowest BCUT2D eigenvalue weighted by molar-refractivity contribution is -0.00359. The Labute approximate surface area is 167 Å². The van der Waals surface area contributed by atoms with Gasteiger partial charge in [0.1, 0.15) is 5.82 Å². The first-order valence-corrected chi connectivity index (χ1v) is 10.3. The van der Waals surface area contributed by atoms with E-state index in [9.17, 15) is 9.18 Å². The van der Waals surface area contributed by atoms with E-state index in [0.717, 1.165) is 31.5 Å². The van der Waals surface area contributed by atoms with Crippen LogP contribution in [0.25, 0.3) is 5.65 Å². The highest BCUT2D eigenvalue weighted by molar-refractivity contribution is 5.94. The quantitative estimate of drug-likeness (QED) is 0.674. The second-order valence-corrected chi connectivity index (χ2v) is 8.42. The van der Waals surface area contributed by atoms with Crippen LogP contribution in [0.4, 0.5) is 4.39 Å². The first-order chi connectivity index (χ1) is 14.2. The number of benzene rings is 1. The molecule has 6 nitrogen and oxygen atoms in total. The summed E-state index contributed by atoms with van der Waals surface area (Å²) in [5.41, 5.74) is 2.23. The Morgan fingerprint density at radius 1 is 1.10 bits per heavy atom. The van der Waals surface area contributed by atoms with Gasteiger partial charge in [0.2, 0.25) is 0 Å². The zero-order chi connectivity index (χ0) is 19.5. The van der Waals surface area contributed by atoms with Crippen molar-refractivity contribution < 1.29 is 9.18 Å². The second kappa shape index (κ2) is 6.35. The smallest absolute Gasteiger partial charge is 0.274 e. The first kappa shape index (κ1) is 17.1. The highest BCUT2D eigenvalue weighted by Gasteiger charge is 2.54. The molecule has 2 aromatic heterocycles. The van der Waals surface area contributed by atoms with E-state index < -0.39 is 0 Å². The molecule has 7 rings (SSSR count). The van der Waals surface area contributed by atoms with Gasteiger partial charge >= 0.3 is 0 Å². The van der Waals surface area contributed by atoms with Gasteiger partial charge in [-0.3, -0.25) is 9.69 Å². The average molecular weight is 391 g/mol. The minimum absolute atomic E-state index is 0.0242. The Hall–Kier alpha value is -2.80. The van der Waals surface area contributed by atoms with Crippen LogP contribution in [0.2, 0.25) is 0 Å². The third-order valence-corrected chi connectivity index (χ3v) is 7.01. The Morgan fingerprint density at radius 3 is 2.66 bits per heavy atom. The molecule has 0 spiro atoms. The predicted octanol–water partition coefficient (Wildman–Crippen LogP) is 2.57. The molecule has 6 heterocycles. The maximum atomic E-state index is 13.5. The van der Waals surface area contributed by atoms with Crippen molar-refractivity contribution in [1.82, 2.24) is 24.4 Å². The molecule has 148 valence electrons. The van der Waals surface area contributed by atoms with Crippen LogP contribution in [0, 0.1) is 11.7 Å². The van der Waals surface area contributed by atoms with Crippen LogP contribution in [0.1, 0.15) is 34.8 Å². The van der Waals surface area contributed by atoms with Gasteiger partial charge in [-0.05, 0) is 55.6 Å². The molecular weight excluding hydrogens is 369 g/mol. The van der Waals surface area contributed by atoms with E-state index >= 15 is 0 Å². The minimum atomic E-state index is -0.223. The number of carbonyl (C=O) groups is 1. The van der Waals surface area contributed by atoms with Crippen molar-refractivity contribution in [3.63, 3.8) is 0 Å². The number of fused-ring (bicyclic) bond motifs is 3. The van der Waals surface area contributed by atoms with Crippen LogP contribution in [0.15, 0.2) is 48.8 Å². The zero-order valence-electron chi connectivity index (χ0n) is 16.0. The van der Waals surface area contributed by atoms with E-state index in [-0.39, 0.29) is 23.7 Å². The number of hydrogen-bond donors (Lipinski definition) is 0. The molecule has 4 aliphatic heterocycles. The standard InChI is InChI=1S/C22H22FN5O/c23-16-4-2-14(3-5-16)17-13-27(20-15-6-10-26(11-7-15)21(17)20)22(29)18-12-19-24-8-1-9-28(19)25-18/h1-5,8-9,12,15,17,20-21H,6-7,10-11,13H2/t17-,20+,21+/m1/s1. The Morgan fingerprint density at radius 2 is 1.90 bits per heavy atom. The van der Waals surface area contributed by atoms with Crippen molar-refractivity contribution in [1.29, 1.82) is 0 Å². The lowest BCUT2D eigenvalue weighted by Crippen LogP contribution is -2.60. The molecule has 7 heteroatoms. The number of rotatable bonds is 2. The predicted molar refractivity (Wildman–Crippen MR) is 105 cm³/mol. The van der Waals surface area contributed by atoms with Crippen molar-refractivity contribution >= 4 is 11.6 Å². The summed E-state index contributed by atoms with van der Waals surface area (Å²) in [4.78, 5) is 22.4. The molecule has 4 aliphatic rings. The number of amides is 1. The zero-order valence-corrected chi connectivity index (χ0v) is 16.0. The number of carbonyl (C=O) groups excluding carboxylic acids is 1. The molecule has 4 fully saturated rings. The van der Waals surface area contributed by atoms with E-state index in [1.807, 2.05) is 23.2 Å². The fourth-order valence-electron chi connectivity index (χ4n) is 5.74. The fourth-order valence-corrected chi connectivity index (χ4v) is 5.74. The summed E-state index contributed by atoms with van der Waals surface area (Å²) >= 11 is 0. The lowest BCUT2D eigenvalue weighted by Gasteiger charge is -2.51. The highest BCUT2D eigenvalue weighted by Crippen LogP contribution is 2.46. The van der Waals surface area contributed by atoms with Gasteiger partial charge in [-0.1, -0.05) is 12.1 Å². The van der Waals surface area contributed by atoms with Gasteiger partial charge in [0, 0.05) is 37.0 Å². The Balaban J connectivity index is 1.39. The van der Waals surface area contributed by atoms with Gasteiger partial charge in [-0.2, -0.15) is 5.10 Å². The lowest BCUT2D eigenvalue weighted by atomic mass is 9.75. The van der Waals surface area contributed by atoms with Crippen molar-refractivity contribution in [2.75, 3.05) is 19.6 Å². The van der Waals surface area contributed by atoms with E-state index in [1.165, 1.54) is 12.1 Å². The topological polar surface area (TPSA) is 53.7 Å². The third kappa shape index (κ3) is 2.60. The van der Waals surface area contributed by atoms with E-state index in [4.69, 9.17) is 0 Å². The van der Waals surface area contributed by atoms with Gasteiger partial charge < -0.3 is 4.90 Å². The molecule has 1 aromatic carbocycles. The van der Waals surface area contributed by atoms with Gasteiger partial charge in [0.05, 0.1) is 6.04 Å². The second-order valence-electron chi connectivity index (χ2n) is 8.42. The van der Waals surface area contributed by atoms with Crippen molar-refractivity contribution in [2.45, 2.75) is 30.8 Å². The number of halogens is 1. The van der Waals surface area contributed by atoms with Crippen LogP contribution in [0.3, 0.4) is 0 Å². The molecule has 3 atom stereocenters. The summed E-state index contributed by atoms with van der Waals surface area (Å²) in [5, 5.41) is 4.47. The number of aromatic nitrogens is 3. The van der Waals surface area contributed by atoms with Gasteiger partial charge in [0.25, 0.3) is 5.91 Å². The van der Waals surface area contributed by atoms with Gasteiger partial charge in [0.15, 0.2) is 11.3 Å². The molecule has 0 N–H and O–H groups in total. The summed E-state index contributed by atoms with van der Waals surface area (Å²) in [6, 6.07) is 10.9. The average Bonchev–Trinajstić information content (AvgIpc) is 3.38. The Kier molecular flexibility index (Phi) is 3.74. The van der Waals surface area contributed by atoms with Crippen LogP contribution >= 0.6 is 0 Å². The van der Waals surface area contributed by atoms with E-state index in [1.54, 1.807) is 22.8 Å². The SMILES string of the molecule is O=C(c1cc2ncccn2n1)N1C[C@H](c2ccc(F)cc2)[C@H]2[C@@H]1C1CCN2CC1. The monoisotopic (exact) mass is 391 g/mol. The molecule has 0 unspecified atom stereocenters. The molecule has 0 aliphatic carbocycles. The van der Waals surface area contributed by atoms with Crippen LogP contribution < -0.4 is 0 Å². The highest BCUT2D eigenvalue weighted by atomic mass is 19.1. The van der Waals surface area contributed by atoms with Crippen LogP contribution in [0.5, 0.6) is 0 Å². The molecule has 3 aromatic rings. The summed E-state index contributed by atoms with van der Waals surface area (Å²) in [5.74, 6) is 0.472. The van der Waals surface area contributed by atoms with Gasteiger partial charge in [-0.15, -0.1) is 0 Å². The normalized spacial score (nSPS) is 30.7. The summed E-state index contributed by atoms with van der Waals surface area (Å²) in [6.45, 7) is 2.82. The number of hydrogen-bond acceptors (Lipinski definition) is 4. The van der Waals surface area contributed by atoms with Crippen LogP contribution in [-0.4, -0.2) is 62.0 Å². The fraction of sp³-hybridized carbons (Fsp3) is 0.409. The molecule has 1 amide bonds. The largest absolute Gasteiger partial charge is 0.332 e. The molecule has 0 saturated carbocycles. The Bertz CT molecular complexity index is 1040. The molecular formula is C22H22FN5O. The number of likely N-dealkylation sites (tertiary alicyclic amines) is 1. The molecule has 29 heavy (non-hydrogen) atoms. The summed E-state index contributed by atoms with van der Waals surface area (Å²) < 4.78 is 15.1. The molecule has 4 saturated heterocycles. The van der Waals surface area contributed by atoms with Crippen molar-refractivity contribution in [3.8, 4) is 0 Å². The molecule has 2 bridgehead atoms. The van der Waals surface area contributed by atoms with Crippen molar-refractivity contribution in [3.05, 3.63) is 65.9 Å². The molecule has 0 radical (unpaired) electrons. The van der Waals surface area contributed by atoms with Crippen LogP contribution in [-0.2, 0) is 0 Å². The van der Waals surface area contributed by atoms with Gasteiger partial charge in [-0.25, -0.2) is 13.9 Å². The summed E-state index contributed by atoms with van der Waals surface area (Å²) in [7, 11) is 0. The third-order valence-electron chi connectivity index (χ3n) is 7.01. The number of nitrogens with zero attached hydrogens (tertiary/aromatic N) is 5. The first-order valence-electron chi connectivity index (χ1n) is 10.3. The number of piperidine rings is 3. The maximum absolute atomic E-state index is 13.5. The van der Waals surface area contributed by atoms with E-state index in [2.05, 4.69) is 15.0 Å². The summed E-state index contributed by atoms with van der Waals surface area (Å²) in [6.07, 6.45) is 5.78. The minimum Gasteiger partial charge on any atom is -0.332 e. The maximum Gasteiger partial charge on any atom is 0.274 e. The van der Waals surface area contributed by atoms with Crippen molar-refractivity contribution in [2.24, 2.45) is 5.92 Å².